The standard InChI is InChI=1S/C15H16BN4/c1-12(2)19-9-10-20(16-19)15-4-3-14(11-18-15)13-5-7-17-8-6-13/h3-12H,1-2H3. The van der Waals surface area contributed by atoms with Crippen LogP contribution >= 0.6 is 0 Å². The molecule has 3 rings (SSSR count). The van der Waals surface area contributed by atoms with E-state index in [-0.39, 0.29) is 0 Å². The van der Waals surface area contributed by atoms with Gasteiger partial charge in [0.15, 0.2) is 0 Å². The summed E-state index contributed by atoms with van der Waals surface area (Å²) in [5.74, 6) is 0.919. The van der Waals surface area contributed by atoms with Crippen molar-refractivity contribution in [2.24, 2.45) is 0 Å². The summed E-state index contributed by atoms with van der Waals surface area (Å²) in [6.07, 6.45) is 9.56. The van der Waals surface area contributed by atoms with Gasteiger partial charge in [0.1, 0.15) is 5.82 Å². The first-order valence-electron chi connectivity index (χ1n) is 6.69. The zero-order valence-corrected chi connectivity index (χ0v) is 11.6. The van der Waals surface area contributed by atoms with Crippen molar-refractivity contribution in [1.29, 1.82) is 0 Å². The van der Waals surface area contributed by atoms with E-state index in [9.17, 15) is 0 Å². The summed E-state index contributed by atoms with van der Waals surface area (Å²) in [4.78, 5) is 12.7. The Kier molecular flexibility index (Phi) is 3.42. The van der Waals surface area contributed by atoms with Gasteiger partial charge in [0.05, 0.1) is 0 Å². The molecule has 0 unspecified atom stereocenters. The van der Waals surface area contributed by atoms with Crippen molar-refractivity contribution in [3.63, 3.8) is 0 Å². The molecule has 0 N–H and O–H groups in total. The first-order valence-corrected chi connectivity index (χ1v) is 6.69. The van der Waals surface area contributed by atoms with E-state index in [1.165, 1.54) is 0 Å². The molecule has 0 aromatic carbocycles. The van der Waals surface area contributed by atoms with Gasteiger partial charge in [-0.25, -0.2) is 4.98 Å². The minimum atomic E-state index is 0.451. The number of hydrogen-bond donors (Lipinski definition) is 0. The molecule has 20 heavy (non-hydrogen) atoms. The minimum absolute atomic E-state index is 0.451. The van der Waals surface area contributed by atoms with Gasteiger partial charge in [-0.15, -0.1) is 0 Å². The van der Waals surface area contributed by atoms with Crippen LogP contribution in [0.1, 0.15) is 13.8 Å². The molecule has 0 saturated carbocycles. The summed E-state index contributed by atoms with van der Waals surface area (Å²) in [5, 5.41) is 0. The third-order valence-electron chi connectivity index (χ3n) is 3.28. The summed E-state index contributed by atoms with van der Waals surface area (Å²) >= 11 is 0. The Morgan fingerprint density at radius 1 is 1.00 bits per heavy atom. The van der Waals surface area contributed by atoms with Crippen molar-refractivity contribution in [2.75, 3.05) is 4.81 Å². The molecule has 5 heteroatoms. The average molecular weight is 263 g/mol. The number of hydrogen-bond acceptors (Lipinski definition) is 4. The summed E-state index contributed by atoms with van der Waals surface area (Å²) in [6.45, 7) is 4.31. The Morgan fingerprint density at radius 3 is 2.40 bits per heavy atom. The fourth-order valence-corrected chi connectivity index (χ4v) is 2.06. The van der Waals surface area contributed by atoms with Crippen LogP contribution in [0.25, 0.3) is 11.1 Å². The van der Waals surface area contributed by atoms with Gasteiger partial charge in [0.25, 0.3) is 0 Å². The highest BCUT2D eigenvalue weighted by atomic mass is 15.3. The molecule has 2 aromatic heterocycles. The Balaban J connectivity index is 1.76. The van der Waals surface area contributed by atoms with E-state index in [0.717, 1.165) is 16.9 Å². The molecule has 1 aliphatic heterocycles. The molecule has 0 fully saturated rings. The largest absolute Gasteiger partial charge is 0.401 e. The van der Waals surface area contributed by atoms with Crippen molar-refractivity contribution in [3.05, 3.63) is 55.3 Å². The second-order valence-electron chi connectivity index (χ2n) is 5.00. The Bertz CT molecular complexity index is 595. The fraction of sp³-hybridized carbons (Fsp3) is 0.200. The van der Waals surface area contributed by atoms with Gasteiger partial charge >= 0.3 is 7.55 Å². The van der Waals surface area contributed by atoms with Crippen molar-refractivity contribution < 1.29 is 0 Å². The number of pyridine rings is 2. The highest BCUT2D eigenvalue weighted by Crippen LogP contribution is 2.21. The highest BCUT2D eigenvalue weighted by molar-refractivity contribution is 6.40. The van der Waals surface area contributed by atoms with Crippen LogP contribution in [-0.4, -0.2) is 28.4 Å². The minimum Gasteiger partial charge on any atom is -0.401 e. The van der Waals surface area contributed by atoms with E-state index < -0.39 is 0 Å². The number of aromatic nitrogens is 2. The molecule has 0 spiro atoms. The van der Waals surface area contributed by atoms with Gasteiger partial charge in [-0.3, -0.25) is 4.98 Å². The quantitative estimate of drug-likeness (QED) is 0.797. The maximum atomic E-state index is 4.53. The molecule has 2 aromatic rings. The van der Waals surface area contributed by atoms with Crippen LogP contribution in [0.5, 0.6) is 0 Å². The molecule has 3 heterocycles. The van der Waals surface area contributed by atoms with Gasteiger partial charge in [0.2, 0.25) is 0 Å². The van der Waals surface area contributed by atoms with E-state index in [0.29, 0.717) is 6.04 Å². The highest BCUT2D eigenvalue weighted by Gasteiger charge is 2.19. The number of nitrogens with zero attached hydrogens (tertiary/aromatic N) is 4. The Hall–Kier alpha value is -2.30. The molecular formula is C15H16BN4. The normalized spacial score (nSPS) is 13.9. The molecule has 1 aliphatic rings. The lowest BCUT2D eigenvalue weighted by atomic mass is 10.0. The summed E-state index contributed by atoms with van der Waals surface area (Å²) in [6, 6.07) is 8.53. The fourth-order valence-electron chi connectivity index (χ4n) is 2.06. The summed E-state index contributed by atoms with van der Waals surface area (Å²) < 4.78 is 0. The van der Waals surface area contributed by atoms with E-state index in [1.54, 1.807) is 12.4 Å². The SMILES string of the molecule is CC(C)N1[B]N(c2ccc(-c3ccncc3)cn2)C=C1. The van der Waals surface area contributed by atoms with E-state index >= 15 is 0 Å². The van der Waals surface area contributed by atoms with Gasteiger partial charge in [-0.1, -0.05) is 0 Å². The first kappa shape index (κ1) is 12.7. The van der Waals surface area contributed by atoms with Gasteiger partial charge in [-0.2, -0.15) is 0 Å². The zero-order chi connectivity index (χ0) is 13.9. The molecule has 0 amide bonds. The lowest BCUT2D eigenvalue weighted by molar-refractivity contribution is 0.491. The Morgan fingerprint density at radius 2 is 1.80 bits per heavy atom. The molecule has 0 bridgehead atoms. The second-order valence-corrected chi connectivity index (χ2v) is 5.00. The predicted octanol–water partition coefficient (Wildman–Crippen LogP) is 2.68. The lowest BCUT2D eigenvalue weighted by Gasteiger charge is -2.21. The second kappa shape index (κ2) is 5.37. The Labute approximate surface area is 120 Å². The van der Waals surface area contributed by atoms with E-state index in [1.807, 2.05) is 35.4 Å². The van der Waals surface area contributed by atoms with Crippen molar-refractivity contribution in [3.8, 4) is 11.1 Å². The third kappa shape index (κ3) is 2.52. The van der Waals surface area contributed by atoms with Crippen molar-refractivity contribution in [1.82, 2.24) is 14.8 Å². The maximum Gasteiger partial charge on any atom is 0.396 e. The lowest BCUT2D eigenvalue weighted by Crippen LogP contribution is -2.34. The van der Waals surface area contributed by atoms with Crippen LogP contribution in [0.2, 0.25) is 0 Å². The smallest absolute Gasteiger partial charge is 0.396 e. The number of rotatable bonds is 3. The monoisotopic (exact) mass is 263 g/mol. The maximum absolute atomic E-state index is 4.53. The van der Waals surface area contributed by atoms with E-state index in [2.05, 4.69) is 48.4 Å². The van der Waals surface area contributed by atoms with Crippen LogP contribution in [-0.2, 0) is 0 Å². The molecule has 0 saturated heterocycles. The molecule has 1 radical (unpaired) electrons. The number of anilines is 1. The third-order valence-corrected chi connectivity index (χ3v) is 3.28. The predicted molar refractivity (Wildman–Crippen MR) is 81.8 cm³/mol. The average Bonchev–Trinajstić information content (AvgIpc) is 2.98. The van der Waals surface area contributed by atoms with Gasteiger partial charge in [0, 0.05) is 42.6 Å². The van der Waals surface area contributed by atoms with Crippen molar-refractivity contribution >= 4 is 13.4 Å². The summed E-state index contributed by atoms with van der Waals surface area (Å²) in [5.41, 5.74) is 2.23. The summed E-state index contributed by atoms with van der Waals surface area (Å²) in [7, 11) is 2.05. The van der Waals surface area contributed by atoms with Crippen LogP contribution in [0, 0.1) is 0 Å². The van der Waals surface area contributed by atoms with E-state index in [4.69, 9.17) is 0 Å². The van der Waals surface area contributed by atoms with Gasteiger partial charge < -0.3 is 9.62 Å². The van der Waals surface area contributed by atoms with Crippen molar-refractivity contribution in [2.45, 2.75) is 19.9 Å². The zero-order valence-electron chi connectivity index (χ0n) is 11.6. The van der Waals surface area contributed by atoms with Crippen LogP contribution < -0.4 is 4.81 Å². The van der Waals surface area contributed by atoms with Crippen LogP contribution in [0.3, 0.4) is 0 Å². The molecular weight excluding hydrogens is 247 g/mol. The van der Waals surface area contributed by atoms with Crippen LogP contribution in [0.15, 0.2) is 55.3 Å². The molecule has 0 atom stereocenters. The molecule has 4 nitrogen and oxygen atoms in total. The first-order chi connectivity index (χ1) is 9.74. The topological polar surface area (TPSA) is 32.3 Å². The van der Waals surface area contributed by atoms with Crippen LogP contribution in [0.4, 0.5) is 5.82 Å². The molecule has 99 valence electrons. The van der Waals surface area contributed by atoms with Gasteiger partial charge in [-0.05, 0) is 43.7 Å². The molecule has 0 aliphatic carbocycles.